The first-order chi connectivity index (χ1) is 8.78. The normalized spacial score (nSPS) is 21.5. The Morgan fingerprint density at radius 3 is 2.33 bits per heavy atom. The lowest BCUT2D eigenvalue weighted by Gasteiger charge is -2.26. The summed E-state index contributed by atoms with van der Waals surface area (Å²) in [7, 11) is 0. The molecule has 1 aliphatic heterocycles. The molecule has 0 radical (unpaired) electrons. The highest BCUT2D eigenvalue weighted by Gasteiger charge is 2.47. The van der Waals surface area contributed by atoms with Crippen LogP contribution in [0.25, 0.3) is 0 Å². The summed E-state index contributed by atoms with van der Waals surface area (Å²) < 4.78 is 5.99. The van der Waals surface area contributed by atoms with Gasteiger partial charge < -0.3 is 4.74 Å². The van der Waals surface area contributed by atoms with Crippen LogP contribution in [0.1, 0.15) is 29.3 Å². The van der Waals surface area contributed by atoms with Crippen molar-refractivity contribution < 1.29 is 9.53 Å². The molecule has 90 valence electrons. The molecule has 1 unspecified atom stereocenters. The third-order valence-corrected chi connectivity index (χ3v) is 3.52. The Morgan fingerprint density at radius 2 is 1.67 bits per heavy atom. The van der Waals surface area contributed by atoms with Crippen molar-refractivity contribution in [2.45, 2.75) is 18.9 Å². The third-order valence-electron chi connectivity index (χ3n) is 3.52. The molecule has 0 saturated carbocycles. The molecule has 3 rings (SSSR count). The summed E-state index contributed by atoms with van der Waals surface area (Å²) >= 11 is 0. The van der Waals surface area contributed by atoms with E-state index in [9.17, 15) is 4.79 Å². The Hall–Kier alpha value is -2.09. The van der Waals surface area contributed by atoms with Crippen LogP contribution in [0.15, 0.2) is 54.6 Å². The van der Waals surface area contributed by atoms with E-state index in [2.05, 4.69) is 0 Å². The summed E-state index contributed by atoms with van der Waals surface area (Å²) in [5.41, 5.74) is 0.766. The fourth-order valence-electron chi connectivity index (χ4n) is 2.53. The van der Waals surface area contributed by atoms with Gasteiger partial charge in [0.1, 0.15) is 5.75 Å². The number of hydrogen-bond donors (Lipinski definition) is 0. The van der Waals surface area contributed by atoms with Gasteiger partial charge in [-0.2, -0.15) is 0 Å². The predicted molar refractivity (Wildman–Crippen MR) is 69.8 cm³/mol. The number of ether oxygens (including phenoxy) is 1. The summed E-state index contributed by atoms with van der Waals surface area (Å²) in [6, 6.07) is 17.2. The minimum absolute atomic E-state index is 0.0619. The van der Waals surface area contributed by atoms with Gasteiger partial charge in [0.15, 0.2) is 5.60 Å². The number of rotatable bonds is 2. The van der Waals surface area contributed by atoms with Gasteiger partial charge in [-0.15, -0.1) is 0 Å². The number of fused-ring (bicyclic) bond motifs is 1. The fourth-order valence-corrected chi connectivity index (χ4v) is 2.53. The summed E-state index contributed by atoms with van der Waals surface area (Å²) in [5.74, 6) is 0.750. The lowest BCUT2D eigenvalue weighted by Crippen LogP contribution is -2.36. The zero-order valence-electron chi connectivity index (χ0n) is 10.2. The number of hydrogen-bond acceptors (Lipinski definition) is 2. The number of para-hydroxylation sites is 1. The van der Waals surface area contributed by atoms with Crippen LogP contribution in [-0.4, -0.2) is 5.78 Å². The van der Waals surface area contributed by atoms with E-state index in [4.69, 9.17) is 4.74 Å². The van der Waals surface area contributed by atoms with Crippen molar-refractivity contribution in [3.8, 4) is 5.75 Å². The quantitative estimate of drug-likeness (QED) is 0.799. The topological polar surface area (TPSA) is 26.3 Å². The van der Waals surface area contributed by atoms with Crippen LogP contribution in [0.5, 0.6) is 5.75 Å². The van der Waals surface area contributed by atoms with Gasteiger partial charge in [0, 0.05) is 5.56 Å². The van der Waals surface area contributed by atoms with Gasteiger partial charge in [-0.3, -0.25) is 4.79 Å². The molecule has 0 N–H and O–H groups in total. The Morgan fingerprint density at radius 1 is 1.00 bits per heavy atom. The molecule has 0 saturated heterocycles. The Kier molecular flexibility index (Phi) is 2.44. The van der Waals surface area contributed by atoms with Crippen LogP contribution < -0.4 is 4.74 Å². The van der Waals surface area contributed by atoms with Crippen molar-refractivity contribution in [3.05, 3.63) is 65.7 Å². The molecule has 1 atom stereocenters. The first kappa shape index (κ1) is 11.0. The molecule has 0 fully saturated rings. The van der Waals surface area contributed by atoms with E-state index in [1.165, 1.54) is 0 Å². The van der Waals surface area contributed by atoms with Gasteiger partial charge in [-0.25, -0.2) is 0 Å². The average Bonchev–Trinajstić information content (AvgIpc) is 2.74. The maximum atomic E-state index is 12.6. The first-order valence-corrected chi connectivity index (χ1v) is 6.16. The van der Waals surface area contributed by atoms with E-state index in [-0.39, 0.29) is 5.78 Å². The average molecular weight is 238 g/mol. The number of carbonyl (C=O) groups is 1. The molecule has 2 aromatic carbocycles. The Bertz CT molecular complexity index is 589. The minimum atomic E-state index is -0.842. The van der Waals surface area contributed by atoms with Crippen molar-refractivity contribution in [1.82, 2.24) is 0 Å². The predicted octanol–water partition coefficient (Wildman–Crippen LogP) is 3.57. The molecular formula is C16H14O2. The van der Waals surface area contributed by atoms with E-state index in [1.807, 2.05) is 61.5 Å². The zero-order chi connectivity index (χ0) is 12.6. The highest BCUT2D eigenvalue weighted by Crippen LogP contribution is 2.43. The smallest absolute Gasteiger partial charge is 0.214 e. The molecule has 0 aromatic heterocycles. The monoisotopic (exact) mass is 238 g/mol. The Balaban J connectivity index is 2.15. The second-order valence-electron chi connectivity index (χ2n) is 4.47. The van der Waals surface area contributed by atoms with Gasteiger partial charge >= 0.3 is 0 Å². The third kappa shape index (κ3) is 1.39. The summed E-state index contributed by atoms with van der Waals surface area (Å²) in [6.07, 6.45) is 0.629. The van der Waals surface area contributed by atoms with Crippen LogP contribution in [0.3, 0.4) is 0 Å². The summed E-state index contributed by atoms with van der Waals surface area (Å²) in [4.78, 5) is 12.6. The lowest BCUT2D eigenvalue weighted by atomic mass is 9.86. The Labute approximate surface area is 106 Å². The van der Waals surface area contributed by atoms with Crippen molar-refractivity contribution in [2.24, 2.45) is 0 Å². The molecule has 0 aliphatic carbocycles. The maximum Gasteiger partial charge on any atom is 0.214 e. The molecule has 2 nitrogen and oxygen atoms in total. The number of ketones is 1. The molecule has 18 heavy (non-hydrogen) atoms. The van der Waals surface area contributed by atoms with E-state index < -0.39 is 5.60 Å². The number of benzene rings is 2. The largest absolute Gasteiger partial charge is 0.474 e. The van der Waals surface area contributed by atoms with Crippen LogP contribution in [-0.2, 0) is 5.60 Å². The standard InChI is InChI=1S/C16H14O2/c1-2-16(12-8-4-3-5-9-12)15(17)13-10-6-7-11-14(13)18-16/h3-11H,2H2,1H3. The first-order valence-electron chi connectivity index (χ1n) is 6.16. The van der Waals surface area contributed by atoms with Gasteiger partial charge in [0.05, 0.1) is 5.56 Å². The molecule has 0 amide bonds. The van der Waals surface area contributed by atoms with Crippen LogP contribution in [0.2, 0.25) is 0 Å². The highest BCUT2D eigenvalue weighted by atomic mass is 16.5. The second-order valence-corrected chi connectivity index (χ2v) is 4.47. The van der Waals surface area contributed by atoms with Crippen molar-refractivity contribution in [2.75, 3.05) is 0 Å². The van der Waals surface area contributed by atoms with Gasteiger partial charge in [0.2, 0.25) is 5.78 Å². The van der Waals surface area contributed by atoms with Crippen LogP contribution in [0, 0.1) is 0 Å². The molecule has 0 bridgehead atoms. The van der Waals surface area contributed by atoms with Crippen molar-refractivity contribution >= 4 is 5.78 Å². The molecule has 2 aromatic rings. The second kappa shape index (κ2) is 3.98. The maximum absolute atomic E-state index is 12.6. The molecular weight excluding hydrogens is 224 g/mol. The zero-order valence-corrected chi connectivity index (χ0v) is 10.2. The fraction of sp³-hybridized carbons (Fsp3) is 0.188. The van der Waals surface area contributed by atoms with Crippen molar-refractivity contribution in [1.29, 1.82) is 0 Å². The summed E-state index contributed by atoms with van der Waals surface area (Å²) in [5, 5.41) is 0. The number of Topliss-reactive ketones (excluding diaryl/α,β-unsaturated/α-hetero) is 1. The van der Waals surface area contributed by atoms with Gasteiger partial charge in [-0.05, 0) is 18.6 Å². The lowest BCUT2D eigenvalue weighted by molar-refractivity contribution is 0.0533. The SMILES string of the molecule is CCC1(c2ccccc2)Oc2ccccc2C1=O. The number of carbonyl (C=O) groups excluding carboxylic acids is 1. The van der Waals surface area contributed by atoms with Crippen molar-refractivity contribution in [3.63, 3.8) is 0 Å². The van der Waals surface area contributed by atoms with Gasteiger partial charge in [-0.1, -0.05) is 49.4 Å². The van der Waals surface area contributed by atoms with Gasteiger partial charge in [0.25, 0.3) is 0 Å². The van der Waals surface area contributed by atoms with Crippen LogP contribution >= 0.6 is 0 Å². The van der Waals surface area contributed by atoms with E-state index in [0.29, 0.717) is 17.7 Å². The highest BCUT2D eigenvalue weighted by molar-refractivity contribution is 6.07. The molecule has 1 aliphatic rings. The van der Waals surface area contributed by atoms with E-state index in [0.717, 1.165) is 5.56 Å². The molecule has 0 spiro atoms. The minimum Gasteiger partial charge on any atom is -0.474 e. The molecule has 1 heterocycles. The van der Waals surface area contributed by atoms with Crippen LogP contribution in [0.4, 0.5) is 0 Å². The van der Waals surface area contributed by atoms with E-state index >= 15 is 0 Å². The van der Waals surface area contributed by atoms with E-state index in [1.54, 1.807) is 0 Å². The molecule has 2 heteroatoms. The summed E-state index contributed by atoms with van der Waals surface area (Å²) in [6.45, 7) is 1.98.